The molecular weight excluding hydrogens is 270 g/mol. The topological polar surface area (TPSA) is 53.4 Å². The SMILES string of the molecule is CC(=NNC(=S)N1CCC(C)CC1)c1nccnc1C. The van der Waals surface area contributed by atoms with Crippen LogP contribution in [-0.4, -0.2) is 38.8 Å². The van der Waals surface area contributed by atoms with Gasteiger partial charge in [0.15, 0.2) is 5.11 Å². The number of aryl methyl sites for hydroxylation is 1. The first-order chi connectivity index (χ1) is 9.58. The molecule has 0 saturated carbocycles. The maximum absolute atomic E-state index is 5.39. The Bertz CT molecular complexity index is 506. The lowest BCUT2D eigenvalue weighted by atomic mass is 10.00. The van der Waals surface area contributed by atoms with E-state index in [0.29, 0.717) is 5.11 Å². The van der Waals surface area contributed by atoms with E-state index in [4.69, 9.17) is 12.2 Å². The van der Waals surface area contributed by atoms with Crippen molar-refractivity contribution in [3.63, 3.8) is 0 Å². The van der Waals surface area contributed by atoms with Crippen LogP contribution in [0.4, 0.5) is 0 Å². The van der Waals surface area contributed by atoms with E-state index < -0.39 is 0 Å². The molecule has 0 atom stereocenters. The molecule has 0 spiro atoms. The number of nitrogens with zero attached hydrogens (tertiary/aromatic N) is 4. The number of likely N-dealkylation sites (tertiary alicyclic amines) is 1. The van der Waals surface area contributed by atoms with E-state index in [1.54, 1.807) is 12.4 Å². The Hall–Kier alpha value is -1.56. The van der Waals surface area contributed by atoms with Gasteiger partial charge in [-0.15, -0.1) is 0 Å². The van der Waals surface area contributed by atoms with Crippen LogP contribution in [0.5, 0.6) is 0 Å². The molecule has 0 radical (unpaired) electrons. The molecule has 1 aliphatic rings. The van der Waals surface area contributed by atoms with Gasteiger partial charge in [-0.2, -0.15) is 5.10 Å². The molecule has 0 bridgehead atoms. The van der Waals surface area contributed by atoms with Crippen LogP contribution in [0.2, 0.25) is 0 Å². The number of hydrazone groups is 1. The van der Waals surface area contributed by atoms with Gasteiger partial charge in [-0.1, -0.05) is 6.92 Å². The Kier molecular flexibility index (Phi) is 5.00. The Balaban J connectivity index is 1.95. The molecule has 20 heavy (non-hydrogen) atoms. The minimum Gasteiger partial charge on any atom is -0.348 e. The average Bonchev–Trinajstić information content (AvgIpc) is 2.45. The van der Waals surface area contributed by atoms with Crippen LogP contribution in [0, 0.1) is 12.8 Å². The minimum absolute atomic E-state index is 0.692. The van der Waals surface area contributed by atoms with Gasteiger partial charge in [-0.25, -0.2) is 0 Å². The molecule has 2 heterocycles. The van der Waals surface area contributed by atoms with Crippen molar-refractivity contribution in [2.45, 2.75) is 33.6 Å². The van der Waals surface area contributed by atoms with Crippen LogP contribution in [0.1, 0.15) is 38.1 Å². The molecule has 1 saturated heterocycles. The van der Waals surface area contributed by atoms with E-state index in [1.165, 1.54) is 12.8 Å². The van der Waals surface area contributed by atoms with Crippen LogP contribution in [0.3, 0.4) is 0 Å². The molecule has 6 heteroatoms. The summed E-state index contributed by atoms with van der Waals surface area (Å²) in [6, 6.07) is 0. The van der Waals surface area contributed by atoms with Crippen molar-refractivity contribution in [1.82, 2.24) is 20.3 Å². The van der Waals surface area contributed by atoms with E-state index >= 15 is 0 Å². The second kappa shape index (κ2) is 6.74. The summed E-state index contributed by atoms with van der Waals surface area (Å²) in [5.74, 6) is 0.793. The highest BCUT2D eigenvalue weighted by Gasteiger charge is 2.17. The molecule has 0 amide bonds. The molecular formula is C14H21N5S. The highest BCUT2D eigenvalue weighted by Crippen LogP contribution is 2.15. The Morgan fingerprint density at radius 1 is 1.35 bits per heavy atom. The van der Waals surface area contributed by atoms with Gasteiger partial charge < -0.3 is 4.90 Å². The van der Waals surface area contributed by atoms with Crippen molar-refractivity contribution in [3.8, 4) is 0 Å². The highest BCUT2D eigenvalue weighted by molar-refractivity contribution is 7.80. The van der Waals surface area contributed by atoms with Gasteiger partial charge in [0.25, 0.3) is 0 Å². The summed E-state index contributed by atoms with van der Waals surface area (Å²) in [4.78, 5) is 10.7. The van der Waals surface area contributed by atoms with Crippen LogP contribution in [0.15, 0.2) is 17.5 Å². The highest BCUT2D eigenvalue weighted by atomic mass is 32.1. The molecule has 0 unspecified atom stereocenters. The monoisotopic (exact) mass is 291 g/mol. The molecule has 1 aliphatic heterocycles. The Morgan fingerprint density at radius 2 is 2.00 bits per heavy atom. The van der Waals surface area contributed by atoms with Gasteiger partial charge >= 0.3 is 0 Å². The van der Waals surface area contributed by atoms with E-state index in [2.05, 4.69) is 32.3 Å². The number of hydrogen-bond donors (Lipinski definition) is 1. The van der Waals surface area contributed by atoms with Gasteiger partial charge in [0.1, 0.15) is 5.69 Å². The molecule has 1 N–H and O–H groups in total. The normalized spacial score (nSPS) is 17.1. The maximum Gasteiger partial charge on any atom is 0.189 e. The van der Waals surface area contributed by atoms with Crippen molar-refractivity contribution in [1.29, 1.82) is 0 Å². The first-order valence-electron chi connectivity index (χ1n) is 6.95. The summed E-state index contributed by atoms with van der Waals surface area (Å²) in [6.45, 7) is 8.13. The molecule has 1 fully saturated rings. The first kappa shape index (κ1) is 14.8. The molecule has 1 aromatic rings. The van der Waals surface area contributed by atoms with Gasteiger partial charge in [0.2, 0.25) is 0 Å². The maximum atomic E-state index is 5.39. The molecule has 108 valence electrons. The lowest BCUT2D eigenvalue weighted by Crippen LogP contribution is -2.42. The van der Waals surface area contributed by atoms with Crippen LogP contribution < -0.4 is 5.43 Å². The third kappa shape index (κ3) is 3.72. The van der Waals surface area contributed by atoms with Crippen molar-refractivity contribution in [3.05, 3.63) is 23.8 Å². The zero-order valence-electron chi connectivity index (χ0n) is 12.3. The number of thiocarbonyl (C=S) groups is 1. The molecule has 2 rings (SSSR count). The molecule has 0 aromatic carbocycles. The van der Waals surface area contributed by atoms with Crippen LogP contribution in [0.25, 0.3) is 0 Å². The number of aromatic nitrogens is 2. The fraction of sp³-hybridized carbons (Fsp3) is 0.571. The van der Waals surface area contributed by atoms with Gasteiger partial charge in [0.05, 0.1) is 11.4 Å². The van der Waals surface area contributed by atoms with Gasteiger partial charge in [-0.3, -0.25) is 15.4 Å². The van der Waals surface area contributed by atoms with E-state index in [-0.39, 0.29) is 0 Å². The van der Waals surface area contributed by atoms with Gasteiger partial charge in [-0.05, 0) is 44.8 Å². The smallest absolute Gasteiger partial charge is 0.189 e. The van der Waals surface area contributed by atoms with Gasteiger partial charge in [0, 0.05) is 25.5 Å². The Morgan fingerprint density at radius 3 is 2.65 bits per heavy atom. The molecule has 5 nitrogen and oxygen atoms in total. The minimum atomic E-state index is 0.692. The van der Waals surface area contributed by atoms with Crippen molar-refractivity contribution < 1.29 is 0 Å². The molecule has 0 aliphatic carbocycles. The van der Waals surface area contributed by atoms with Crippen LogP contribution >= 0.6 is 12.2 Å². The quantitative estimate of drug-likeness (QED) is 0.514. The fourth-order valence-electron chi connectivity index (χ4n) is 2.23. The standard InChI is InChI=1S/C14H21N5S/c1-10-4-8-19(9-5-10)14(20)18-17-12(3)13-11(2)15-6-7-16-13/h6-7,10H,4-5,8-9H2,1-3H3,(H,18,20). The number of rotatable bonds is 2. The zero-order chi connectivity index (χ0) is 14.5. The van der Waals surface area contributed by atoms with Crippen molar-refractivity contribution in [2.24, 2.45) is 11.0 Å². The Labute approximate surface area is 125 Å². The summed E-state index contributed by atoms with van der Waals surface area (Å²) in [5, 5.41) is 5.02. The largest absolute Gasteiger partial charge is 0.348 e. The molecule has 1 aromatic heterocycles. The summed E-state index contributed by atoms with van der Waals surface area (Å²) >= 11 is 5.39. The van der Waals surface area contributed by atoms with Crippen molar-refractivity contribution >= 4 is 23.0 Å². The van der Waals surface area contributed by atoms with E-state index in [9.17, 15) is 0 Å². The summed E-state index contributed by atoms with van der Waals surface area (Å²) in [6.07, 6.45) is 5.73. The summed E-state index contributed by atoms with van der Waals surface area (Å²) < 4.78 is 0. The van der Waals surface area contributed by atoms with E-state index in [0.717, 1.165) is 36.1 Å². The van der Waals surface area contributed by atoms with Crippen LogP contribution in [-0.2, 0) is 0 Å². The first-order valence-corrected chi connectivity index (χ1v) is 7.36. The van der Waals surface area contributed by atoms with E-state index in [1.807, 2.05) is 13.8 Å². The lowest BCUT2D eigenvalue weighted by molar-refractivity contribution is 0.278. The van der Waals surface area contributed by atoms with Crippen molar-refractivity contribution in [2.75, 3.05) is 13.1 Å². The third-order valence-corrected chi connectivity index (χ3v) is 3.96. The second-order valence-corrected chi connectivity index (χ2v) is 5.66. The average molecular weight is 291 g/mol. The predicted octanol–water partition coefficient (Wildman–Crippen LogP) is 2.12. The second-order valence-electron chi connectivity index (χ2n) is 5.27. The lowest BCUT2D eigenvalue weighted by Gasteiger charge is -2.31. The fourth-order valence-corrected chi connectivity index (χ4v) is 2.46. The number of nitrogens with one attached hydrogen (secondary N) is 1. The predicted molar refractivity (Wildman–Crippen MR) is 84.7 cm³/mol. The zero-order valence-corrected chi connectivity index (χ0v) is 13.1. The summed E-state index contributed by atoms with van der Waals surface area (Å²) in [7, 11) is 0. The number of hydrogen-bond acceptors (Lipinski definition) is 4. The third-order valence-electron chi connectivity index (χ3n) is 3.61. The summed E-state index contributed by atoms with van der Waals surface area (Å²) in [5.41, 5.74) is 5.43. The number of piperidine rings is 1.